The van der Waals surface area contributed by atoms with Gasteiger partial charge in [0.2, 0.25) is 11.8 Å². The molecule has 1 heterocycles. The van der Waals surface area contributed by atoms with E-state index in [1.165, 1.54) is 4.90 Å². The Morgan fingerprint density at radius 2 is 1.81 bits per heavy atom. The third-order valence-electron chi connectivity index (χ3n) is 4.94. The number of nitrogens with zero attached hydrogens (tertiary/aromatic N) is 2. The summed E-state index contributed by atoms with van der Waals surface area (Å²) >= 11 is 0. The number of aryl methyl sites for hydroxylation is 1. The summed E-state index contributed by atoms with van der Waals surface area (Å²) in [6, 6.07) is 13.9. The number of nitrogens with one attached hydrogen (secondary N) is 1. The van der Waals surface area contributed by atoms with Crippen molar-refractivity contribution >= 4 is 29.1 Å². The largest absolute Gasteiger partial charge is 0.325 e. The number of likely N-dealkylation sites (N-methyl/N-ethyl adjacent to an activating group) is 1. The number of para-hydroxylation sites is 1. The Kier molecular flexibility index (Phi) is 5.37. The smallest absolute Gasteiger partial charge is 0.251 e. The predicted octanol–water partition coefficient (Wildman–Crippen LogP) is 2.51. The zero-order valence-electron chi connectivity index (χ0n) is 15.7. The number of benzene rings is 2. The molecule has 2 aromatic rings. The number of amides is 3. The molecule has 0 unspecified atom stereocenters. The van der Waals surface area contributed by atoms with Crippen molar-refractivity contribution in [3.05, 3.63) is 59.7 Å². The summed E-state index contributed by atoms with van der Waals surface area (Å²) in [6.45, 7) is 3.96. The molecule has 0 radical (unpaired) electrons. The van der Waals surface area contributed by atoms with Crippen LogP contribution in [0, 0.1) is 13.8 Å². The average Bonchev–Trinajstić information content (AvgIpc) is 2.94. The van der Waals surface area contributed by atoms with Crippen LogP contribution in [0.4, 0.5) is 11.4 Å². The van der Waals surface area contributed by atoms with E-state index < -0.39 is 6.04 Å². The van der Waals surface area contributed by atoms with Crippen molar-refractivity contribution in [2.45, 2.75) is 26.3 Å². The van der Waals surface area contributed by atoms with Crippen molar-refractivity contribution in [1.82, 2.24) is 4.90 Å². The van der Waals surface area contributed by atoms with Crippen LogP contribution in [-0.2, 0) is 14.4 Å². The minimum atomic E-state index is -0.637. The minimum absolute atomic E-state index is 0.0275. The van der Waals surface area contributed by atoms with Crippen LogP contribution in [0.1, 0.15) is 17.5 Å². The Bertz CT molecular complexity index is 879. The Morgan fingerprint density at radius 1 is 1.11 bits per heavy atom. The fourth-order valence-corrected chi connectivity index (χ4v) is 3.22. The van der Waals surface area contributed by atoms with E-state index in [4.69, 9.17) is 0 Å². The van der Waals surface area contributed by atoms with Crippen LogP contribution < -0.4 is 10.2 Å². The lowest BCUT2D eigenvalue weighted by atomic mass is 10.1. The van der Waals surface area contributed by atoms with Crippen LogP contribution in [0.25, 0.3) is 0 Å². The second kappa shape index (κ2) is 7.72. The fourth-order valence-electron chi connectivity index (χ4n) is 3.22. The molecule has 140 valence electrons. The molecule has 1 aliphatic heterocycles. The van der Waals surface area contributed by atoms with Gasteiger partial charge in [-0.2, -0.15) is 0 Å². The van der Waals surface area contributed by atoms with Crippen LogP contribution in [0.15, 0.2) is 48.5 Å². The van der Waals surface area contributed by atoms with E-state index in [0.717, 1.165) is 16.8 Å². The second-order valence-electron chi connectivity index (χ2n) is 6.83. The molecule has 1 fully saturated rings. The van der Waals surface area contributed by atoms with Gasteiger partial charge in [0.05, 0.1) is 24.7 Å². The van der Waals surface area contributed by atoms with Crippen molar-refractivity contribution in [3.63, 3.8) is 0 Å². The highest BCUT2D eigenvalue weighted by molar-refractivity contribution is 6.22. The number of hydrogen-bond donors (Lipinski definition) is 1. The van der Waals surface area contributed by atoms with Crippen LogP contribution in [-0.4, -0.2) is 42.3 Å². The Morgan fingerprint density at radius 3 is 2.52 bits per heavy atom. The SMILES string of the molecule is Cc1cccc(NC(=O)CN(C)[C@H]2CC(=O)N(c3ccccc3)C2=O)c1C. The Balaban J connectivity index is 1.67. The van der Waals surface area contributed by atoms with Gasteiger partial charge in [-0.1, -0.05) is 30.3 Å². The Labute approximate surface area is 158 Å². The molecule has 6 heteroatoms. The first-order valence-corrected chi connectivity index (χ1v) is 8.86. The first kappa shape index (κ1) is 18.8. The highest BCUT2D eigenvalue weighted by Crippen LogP contribution is 2.25. The molecule has 1 saturated heterocycles. The first-order chi connectivity index (χ1) is 12.9. The summed E-state index contributed by atoms with van der Waals surface area (Å²) in [6.07, 6.45) is 0.0704. The summed E-state index contributed by atoms with van der Waals surface area (Å²) in [5.74, 6) is -0.768. The molecule has 0 aromatic heterocycles. The van der Waals surface area contributed by atoms with Crippen LogP contribution >= 0.6 is 0 Å². The normalized spacial score (nSPS) is 16.9. The predicted molar refractivity (Wildman–Crippen MR) is 105 cm³/mol. The molecule has 3 amide bonds. The van der Waals surface area contributed by atoms with Gasteiger partial charge in [0, 0.05) is 5.69 Å². The standard InChI is InChI=1S/C21H23N3O3/c1-14-8-7-11-17(15(14)2)22-19(25)13-23(3)18-12-20(26)24(21(18)27)16-9-5-4-6-10-16/h4-11,18H,12-13H2,1-3H3,(H,22,25)/t18-/m0/s1. The number of anilines is 2. The molecular formula is C21H23N3O3. The minimum Gasteiger partial charge on any atom is -0.325 e. The Hall–Kier alpha value is -2.99. The molecule has 1 aliphatic rings. The number of hydrogen-bond acceptors (Lipinski definition) is 4. The van der Waals surface area contributed by atoms with Gasteiger partial charge in [-0.15, -0.1) is 0 Å². The van der Waals surface area contributed by atoms with E-state index in [9.17, 15) is 14.4 Å². The maximum absolute atomic E-state index is 12.7. The number of carbonyl (C=O) groups excluding carboxylic acids is 3. The summed E-state index contributed by atoms with van der Waals surface area (Å²) in [5, 5.41) is 2.88. The van der Waals surface area contributed by atoms with Gasteiger partial charge in [0.1, 0.15) is 0 Å². The molecule has 3 rings (SSSR count). The maximum Gasteiger partial charge on any atom is 0.251 e. The van der Waals surface area contributed by atoms with E-state index >= 15 is 0 Å². The molecule has 6 nitrogen and oxygen atoms in total. The third kappa shape index (κ3) is 3.90. The van der Waals surface area contributed by atoms with Crippen LogP contribution in [0.5, 0.6) is 0 Å². The van der Waals surface area contributed by atoms with Gasteiger partial charge in [-0.05, 0) is 50.2 Å². The van der Waals surface area contributed by atoms with E-state index in [2.05, 4.69) is 5.32 Å². The second-order valence-corrected chi connectivity index (χ2v) is 6.83. The van der Waals surface area contributed by atoms with E-state index in [-0.39, 0.29) is 30.7 Å². The topological polar surface area (TPSA) is 69.7 Å². The van der Waals surface area contributed by atoms with Crippen molar-refractivity contribution < 1.29 is 14.4 Å². The third-order valence-corrected chi connectivity index (χ3v) is 4.94. The zero-order valence-corrected chi connectivity index (χ0v) is 15.7. The van der Waals surface area contributed by atoms with Gasteiger partial charge in [0.25, 0.3) is 5.91 Å². The van der Waals surface area contributed by atoms with Gasteiger partial charge in [0.15, 0.2) is 0 Å². The zero-order chi connectivity index (χ0) is 19.6. The van der Waals surface area contributed by atoms with E-state index in [1.54, 1.807) is 36.2 Å². The van der Waals surface area contributed by atoms with Gasteiger partial charge in [-0.3, -0.25) is 19.3 Å². The molecule has 0 bridgehead atoms. The molecule has 2 aromatic carbocycles. The molecule has 27 heavy (non-hydrogen) atoms. The summed E-state index contributed by atoms with van der Waals surface area (Å²) in [7, 11) is 1.69. The highest BCUT2D eigenvalue weighted by atomic mass is 16.2. The average molecular weight is 365 g/mol. The fraction of sp³-hybridized carbons (Fsp3) is 0.286. The molecule has 0 aliphatic carbocycles. The summed E-state index contributed by atoms with van der Waals surface area (Å²) in [5.41, 5.74) is 3.42. The van der Waals surface area contributed by atoms with Gasteiger partial charge in [-0.25, -0.2) is 4.90 Å². The van der Waals surface area contributed by atoms with Crippen molar-refractivity contribution in [1.29, 1.82) is 0 Å². The van der Waals surface area contributed by atoms with Gasteiger partial charge >= 0.3 is 0 Å². The van der Waals surface area contributed by atoms with Crippen molar-refractivity contribution in [2.75, 3.05) is 23.8 Å². The highest BCUT2D eigenvalue weighted by Gasteiger charge is 2.41. The summed E-state index contributed by atoms with van der Waals surface area (Å²) < 4.78 is 0. The lowest BCUT2D eigenvalue weighted by Crippen LogP contribution is -2.43. The number of imide groups is 1. The molecule has 0 saturated carbocycles. The van der Waals surface area contributed by atoms with Crippen molar-refractivity contribution in [3.8, 4) is 0 Å². The molecule has 1 atom stereocenters. The first-order valence-electron chi connectivity index (χ1n) is 8.86. The molecule has 1 N–H and O–H groups in total. The maximum atomic E-state index is 12.7. The molecular weight excluding hydrogens is 342 g/mol. The van der Waals surface area contributed by atoms with Gasteiger partial charge < -0.3 is 5.32 Å². The summed E-state index contributed by atoms with van der Waals surface area (Å²) in [4.78, 5) is 40.3. The number of carbonyl (C=O) groups is 3. The number of rotatable bonds is 5. The van der Waals surface area contributed by atoms with E-state index in [1.807, 2.05) is 38.1 Å². The lowest BCUT2D eigenvalue weighted by molar-refractivity contribution is -0.123. The monoisotopic (exact) mass is 365 g/mol. The van der Waals surface area contributed by atoms with Crippen molar-refractivity contribution in [2.24, 2.45) is 0 Å². The quantitative estimate of drug-likeness (QED) is 0.827. The molecule has 0 spiro atoms. The van der Waals surface area contributed by atoms with E-state index in [0.29, 0.717) is 5.69 Å². The van der Waals surface area contributed by atoms with Crippen LogP contribution in [0.3, 0.4) is 0 Å². The van der Waals surface area contributed by atoms with Crippen LogP contribution in [0.2, 0.25) is 0 Å². The lowest BCUT2D eigenvalue weighted by Gasteiger charge is -2.22.